The van der Waals surface area contributed by atoms with E-state index >= 15 is 0 Å². The summed E-state index contributed by atoms with van der Waals surface area (Å²) in [5, 5.41) is 1.11. The van der Waals surface area contributed by atoms with Crippen molar-refractivity contribution in [1.82, 2.24) is 9.88 Å². The first-order valence-corrected chi connectivity index (χ1v) is 11.4. The van der Waals surface area contributed by atoms with Crippen LogP contribution in [0.4, 0.5) is 5.69 Å². The van der Waals surface area contributed by atoms with Gasteiger partial charge in [0.25, 0.3) is 0 Å². The summed E-state index contributed by atoms with van der Waals surface area (Å²) in [6.45, 7) is 9.75. The number of aryl methyl sites for hydroxylation is 1. The van der Waals surface area contributed by atoms with Crippen LogP contribution in [-0.4, -0.2) is 49.2 Å². The Morgan fingerprint density at radius 1 is 1.10 bits per heavy atom. The zero-order chi connectivity index (χ0) is 21.8. The van der Waals surface area contributed by atoms with E-state index in [0.717, 1.165) is 55.9 Å². The maximum Gasteiger partial charge on any atom is 0.192 e. The highest BCUT2D eigenvalue weighted by Crippen LogP contribution is 2.29. The number of hydrogen-bond acceptors (Lipinski definition) is 4. The number of fused-ring (bicyclic) bond motifs is 1. The molecule has 1 fully saturated rings. The quantitative estimate of drug-likeness (QED) is 0.544. The molecule has 1 aliphatic heterocycles. The number of halogens is 1. The molecule has 0 unspecified atom stereocenters. The number of aromatic amines is 1. The first-order valence-electron chi connectivity index (χ1n) is 11.1. The Morgan fingerprint density at radius 2 is 1.84 bits per heavy atom. The Bertz CT molecular complexity index is 1090. The molecule has 3 aromatic rings. The van der Waals surface area contributed by atoms with Crippen LogP contribution in [0.5, 0.6) is 5.75 Å². The van der Waals surface area contributed by atoms with Crippen molar-refractivity contribution in [3.63, 3.8) is 0 Å². The second kappa shape index (κ2) is 9.75. The van der Waals surface area contributed by atoms with Crippen molar-refractivity contribution in [2.45, 2.75) is 26.7 Å². The first kappa shape index (κ1) is 21.7. The number of nitrogens with one attached hydrogen (secondary N) is 1. The van der Waals surface area contributed by atoms with Gasteiger partial charge in [-0.25, -0.2) is 0 Å². The molecule has 0 saturated carbocycles. The standard InChI is InChI=1S/C25H30ClN3O2/c1-3-20-18(2)27-23-17-24(22(26)16-21(23)25(20)30)31-15-7-10-28-11-13-29(14-12-28)19-8-5-4-6-9-19/h4-6,8-9,16-17H,3,7,10-15H2,1-2H3,(H,27,30). The molecule has 1 aromatic heterocycles. The van der Waals surface area contributed by atoms with E-state index in [4.69, 9.17) is 16.3 Å². The van der Waals surface area contributed by atoms with Gasteiger partial charge in [-0.15, -0.1) is 0 Å². The molecule has 0 aliphatic carbocycles. The molecule has 0 radical (unpaired) electrons. The van der Waals surface area contributed by atoms with Crippen molar-refractivity contribution in [2.24, 2.45) is 0 Å². The molecule has 2 aromatic carbocycles. The van der Waals surface area contributed by atoms with E-state index in [0.29, 0.717) is 29.2 Å². The third-order valence-corrected chi connectivity index (χ3v) is 6.38. The average Bonchev–Trinajstić information content (AvgIpc) is 2.79. The largest absolute Gasteiger partial charge is 0.492 e. The first-order chi connectivity index (χ1) is 15.1. The van der Waals surface area contributed by atoms with Gasteiger partial charge in [0.2, 0.25) is 0 Å². The van der Waals surface area contributed by atoms with E-state index in [1.165, 1.54) is 5.69 Å². The number of aromatic nitrogens is 1. The Kier molecular flexibility index (Phi) is 6.83. The number of pyridine rings is 1. The summed E-state index contributed by atoms with van der Waals surface area (Å²) < 4.78 is 5.97. The van der Waals surface area contributed by atoms with Gasteiger partial charge in [0.15, 0.2) is 5.43 Å². The van der Waals surface area contributed by atoms with E-state index < -0.39 is 0 Å². The van der Waals surface area contributed by atoms with E-state index in [1.807, 2.05) is 19.9 Å². The molecule has 1 aliphatic rings. The van der Waals surface area contributed by atoms with Gasteiger partial charge in [0.05, 0.1) is 17.1 Å². The minimum Gasteiger partial charge on any atom is -0.492 e. The van der Waals surface area contributed by atoms with Gasteiger partial charge in [0, 0.05) is 61.1 Å². The average molecular weight is 440 g/mol. The maximum absolute atomic E-state index is 12.7. The van der Waals surface area contributed by atoms with Crippen LogP contribution < -0.4 is 15.1 Å². The number of nitrogens with zero attached hydrogens (tertiary/aromatic N) is 2. The normalized spacial score (nSPS) is 14.9. The lowest BCUT2D eigenvalue weighted by Gasteiger charge is -2.36. The van der Waals surface area contributed by atoms with Gasteiger partial charge in [-0.2, -0.15) is 0 Å². The van der Waals surface area contributed by atoms with E-state index in [1.54, 1.807) is 6.07 Å². The van der Waals surface area contributed by atoms with Crippen molar-refractivity contribution in [1.29, 1.82) is 0 Å². The highest BCUT2D eigenvalue weighted by molar-refractivity contribution is 6.32. The Morgan fingerprint density at radius 3 is 2.55 bits per heavy atom. The third-order valence-electron chi connectivity index (χ3n) is 6.09. The van der Waals surface area contributed by atoms with Crippen LogP contribution in [0.2, 0.25) is 5.02 Å². The molecule has 0 atom stereocenters. The van der Waals surface area contributed by atoms with Crippen molar-refractivity contribution in [2.75, 3.05) is 44.2 Å². The second-order valence-electron chi connectivity index (χ2n) is 8.11. The van der Waals surface area contributed by atoms with Gasteiger partial charge in [0.1, 0.15) is 5.75 Å². The van der Waals surface area contributed by atoms with Gasteiger partial charge in [-0.05, 0) is 38.0 Å². The Balaban J connectivity index is 1.30. The van der Waals surface area contributed by atoms with Crippen molar-refractivity contribution in [3.05, 3.63) is 69.0 Å². The lowest BCUT2D eigenvalue weighted by molar-refractivity contribution is 0.225. The molecule has 2 heterocycles. The molecular formula is C25H30ClN3O2. The smallest absolute Gasteiger partial charge is 0.192 e. The monoisotopic (exact) mass is 439 g/mol. The van der Waals surface area contributed by atoms with Gasteiger partial charge in [-0.3, -0.25) is 9.69 Å². The number of para-hydroxylation sites is 1. The molecule has 164 valence electrons. The summed E-state index contributed by atoms with van der Waals surface area (Å²) in [5.41, 5.74) is 3.84. The van der Waals surface area contributed by atoms with Gasteiger partial charge in [-0.1, -0.05) is 36.7 Å². The topological polar surface area (TPSA) is 48.6 Å². The number of ether oxygens (including phenoxy) is 1. The zero-order valence-electron chi connectivity index (χ0n) is 18.3. The van der Waals surface area contributed by atoms with Crippen molar-refractivity contribution in [3.8, 4) is 5.75 Å². The summed E-state index contributed by atoms with van der Waals surface area (Å²) in [6.07, 6.45) is 1.64. The van der Waals surface area contributed by atoms with Crippen LogP contribution in [0, 0.1) is 6.92 Å². The molecule has 4 rings (SSSR count). The predicted octanol–water partition coefficient (Wildman–Crippen LogP) is 4.64. The maximum atomic E-state index is 12.7. The molecular weight excluding hydrogens is 410 g/mol. The lowest BCUT2D eigenvalue weighted by Crippen LogP contribution is -2.46. The van der Waals surface area contributed by atoms with Crippen LogP contribution in [-0.2, 0) is 6.42 Å². The number of anilines is 1. The second-order valence-corrected chi connectivity index (χ2v) is 8.51. The molecule has 1 N–H and O–H groups in total. The number of rotatable bonds is 7. The van der Waals surface area contributed by atoms with Crippen LogP contribution >= 0.6 is 11.6 Å². The lowest BCUT2D eigenvalue weighted by atomic mass is 10.1. The molecule has 6 heteroatoms. The predicted molar refractivity (Wildman–Crippen MR) is 129 cm³/mol. The molecule has 5 nitrogen and oxygen atoms in total. The summed E-state index contributed by atoms with van der Waals surface area (Å²) >= 11 is 6.42. The summed E-state index contributed by atoms with van der Waals surface area (Å²) in [4.78, 5) is 20.9. The highest BCUT2D eigenvalue weighted by atomic mass is 35.5. The Hall–Kier alpha value is -2.50. The van der Waals surface area contributed by atoms with E-state index in [2.05, 4.69) is 45.1 Å². The van der Waals surface area contributed by atoms with Gasteiger partial charge < -0.3 is 14.6 Å². The van der Waals surface area contributed by atoms with Crippen LogP contribution in [0.1, 0.15) is 24.6 Å². The zero-order valence-corrected chi connectivity index (χ0v) is 19.0. The fraction of sp³-hybridized carbons (Fsp3) is 0.400. The molecule has 0 spiro atoms. The summed E-state index contributed by atoms with van der Waals surface area (Å²) in [5.74, 6) is 0.627. The summed E-state index contributed by atoms with van der Waals surface area (Å²) in [7, 11) is 0. The number of H-pyrrole nitrogens is 1. The Labute approximate surface area is 188 Å². The van der Waals surface area contributed by atoms with Crippen LogP contribution in [0.3, 0.4) is 0 Å². The van der Waals surface area contributed by atoms with E-state index in [9.17, 15) is 4.79 Å². The van der Waals surface area contributed by atoms with Gasteiger partial charge >= 0.3 is 0 Å². The summed E-state index contributed by atoms with van der Waals surface area (Å²) in [6, 6.07) is 14.2. The number of piperazine rings is 1. The van der Waals surface area contributed by atoms with Crippen molar-refractivity contribution >= 4 is 28.2 Å². The van der Waals surface area contributed by atoms with Crippen molar-refractivity contribution < 1.29 is 4.74 Å². The molecule has 31 heavy (non-hydrogen) atoms. The third kappa shape index (κ3) is 4.89. The van der Waals surface area contributed by atoms with Crippen LogP contribution in [0.15, 0.2) is 47.3 Å². The fourth-order valence-electron chi connectivity index (χ4n) is 4.33. The molecule has 0 amide bonds. The molecule has 1 saturated heterocycles. The SMILES string of the molecule is CCc1c(C)[nH]c2cc(OCCCN3CCN(c4ccccc4)CC3)c(Cl)cc2c1=O. The van der Waals surface area contributed by atoms with E-state index in [-0.39, 0.29) is 5.43 Å². The van der Waals surface area contributed by atoms with Crippen LogP contribution in [0.25, 0.3) is 10.9 Å². The minimum atomic E-state index is 0.0526. The highest BCUT2D eigenvalue weighted by Gasteiger charge is 2.17. The minimum absolute atomic E-state index is 0.0526. The molecule has 0 bridgehead atoms. The number of benzene rings is 2. The fourth-order valence-corrected chi connectivity index (χ4v) is 4.55. The number of hydrogen-bond donors (Lipinski definition) is 1.